The van der Waals surface area contributed by atoms with E-state index in [1.54, 1.807) is 26.0 Å². The summed E-state index contributed by atoms with van der Waals surface area (Å²) in [6, 6.07) is 0. The van der Waals surface area contributed by atoms with Gasteiger partial charge >= 0.3 is 0 Å². The fourth-order valence-corrected chi connectivity index (χ4v) is 14.5. The number of hydrogen-bond acceptors (Lipinski definition) is 19. The minimum Gasteiger partial charge on any atom is -0.394 e. The van der Waals surface area contributed by atoms with Crippen molar-refractivity contribution in [3.05, 3.63) is 12.2 Å². The van der Waals surface area contributed by atoms with Gasteiger partial charge in [0.1, 0.15) is 67.1 Å². The van der Waals surface area contributed by atoms with E-state index in [2.05, 4.69) is 20.8 Å². The maximum absolute atomic E-state index is 12.7. The van der Waals surface area contributed by atoms with Gasteiger partial charge in [-0.3, -0.25) is 0 Å². The lowest BCUT2D eigenvalue weighted by molar-refractivity contribution is -0.377. The molecule has 3 heterocycles. The Bertz CT molecular complexity index is 1700. The summed E-state index contributed by atoms with van der Waals surface area (Å²) in [7, 11) is 0. The Hall–Kier alpha value is -1.02. The number of fused-ring (bicyclic) bond motifs is 5. The lowest BCUT2D eigenvalue weighted by Gasteiger charge is -2.72. The molecule has 19 nitrogen and oxygen atoms in total. The Morgan fingerprint density at radius 2 is 1.27 bits per heavy atom. The van der Waals surface area contributed by atoms with Gasteiger partial charge in [-0.05, 0) is 111 Å². The third-order valence-electron chi connectivity index (χ3n) is 18.2. The van der Waals surface area contributed by atoms with Crippen LogP contribution in [-0.2, 0) is 28.4 Å². The molecule has 0 aromatic carbocycles. The first-order valence-electron chi connectivity index (χ1n) is 23.9. The number of aliphatic hydroxyl groups excluding tert-OH is 12. The molecule has 66 heavy (non-hydrogen) atoms. The predicted molar refractivity (Wildman–Crippen MR) is 230 cm³/mol. The first-order chi connectivity index (χ1) is 30.6. The zero-order valence-electron chi connectivity index (χ0n) is 39.6. The van der Waals surface area contributed by atoms with E-state index in [9.17, 15) is 66.4 Å². The quantitative estimate of drug-likeness (QED) is 0.0787. The summed E-state index contributed by atoms with van der Waals surface area (Å²) in [4.78, 5) is 0. The Morgan fingerprint density at radius 1 is 0.667 bits per heavy atom. The minimum absolute atomic E-state index is 0.125. The van der Waals surface area contributed by atoms with Gasteiger partial charge in [0.25, 0.3) is 0 Å². The van der Waals surface area contributed by atoms with Crippen LogP contribution in [0.25, 0.3) is 0 Å². The minimum atomic E-state index is -1.75. The number of aliphatic hydroxyl groups is 13. The Labute approximate surface area is 387 Å². The van der Waals surface area contributed by atoms with E-state index >= 15 is 0 Å². The first-order valence-corrected chi connectivity index (χ1v) is 23.9. The summed E-state index contributed by atoms with van der Waals surface area (Å²) in [6.45, 7) is 13.9. The maximum Gasteiger partial charge on any atom is 0.187 e. The molecule has 25 atom stereocenters. The van der Waals surface area contributed by atoms with Crippen molar-refractivity contribution in [2.45, 2.75) is 216 Å². The van der Waals surface area contributed by atoms with Gasteiger partial charge < -0.3 is 94.8 Å². The largest absolute Gasteiger partial charge is 0.394 e. The van der Waals surface area contributed by atoms with Crippen molar-refractivity contribution in [3.63, 3.8) is 0 Å². The van der Waals surface area contributed by atoms with E-state index in [0.717, 1.165) is 0 Å². The number of ether oxygens (including phenoxy) is 6. The van der Waals surface area contributed by atoms with Crippen LogP contribution in [0.3, 0.4) is 0 Å². The Balaban J connectivity index is 1.27. The molecule has 13 N–H and O–H groups in total. The van der Waals surface area contributed by atoms with Gasteiger partial charge in [0, 0.05) is 0 Å². The van der Waals surface area contributed by atoms with Crippen LogP contribution in [0.2, 0.25) is 0 Å². The van der Waals surface area contributed by atoms with Crippen LogP contribution in [-0.4, -0.2) is 202 Å². The van der Waals surface area contributed by atoms with Crippen molar-refractivity contribution in [1.82, 2.24) is 0 Å². The highest BCUT2D eigenvalue weighted by Crippen LogP contribution is 2.76. The first kappa shape index (κ1) is 52.8. The third kappa shape index (κ3) is 8.89. The molecule has 7 fully saturated rings. The van der Waals surface area contributed by atoms with Crippen LogP contribution in [0.15, 0.2) is 12.2 Å². The van der Waals surface area contributed by atoms with Crippen molar-refractivity contribution in [2.24, 2.45) is 45.3 Å². The van der Waals surface area contributed by atoms with E-state index in [-0.39, 0.29) is 12.3 Å². The van der Waals surface area contributed by atoms with Crippen LogP contribution in [0.5, 0.6) is 0 Å². The molecule has 7 aliphatic rings. The molecule has 4 aliphatic carbocycles. The second-order valence-corrected chi connectivity index (χ2v) is 23.0. The summed E-state index contributed by atoms with van der Waals surface area (Å²) in [5, 5.41) is 142. The van der Waals surface area contributed by atoms with Crippen molar-refractivity contribution < 1.29 is 94.8 Å². The van der Waals surface area contributed by atoms with E-state index in [0.29, 0.717) is 38.5 Å². The fraction of sp³-hybridized carbons (Fsp3) is 0.957. The molecule has 382 valence electrons. The molecular weight excluding hydrogens is 868 g/mol. The molecule has 0 aromatic rings. The highest BCUT2D eigenvalue weighted by atomic mass is 16.8. The molecule has 7 rings (SSSR count). The van der Waals surface area contributed by atoms with Crippen molar-refractivity contribution >= 4 is 0 Å². The molecule has 4 saturated carbocycles. The average molecular weight is 949 g/mol. The topological polar surface area (TPSA) is 318 Å². The number of rotatable bonds is 12. The van der Waals surface area contributed by atoms with Gasteiger partial charge in [0.2, 0.25) is 0 Å². The number of hydrogen-bond donors (Lipinski definition) is 13. The van der Waals surface area contributed by atoms with E-state index < -0.39 is 175 Å². The average Bonchev–Trinajstić information content (AvgIpc) is 3.63. The molecule has 3 saturated heterocycles. The van der Waals surface area contributed by atoms with Crippen LogP contribution < -0.4 is 0 Å². The van der Waals surface area contributed by atoms with Gasteiger partial charge in [0.05, 0.1) is 49.3 Å². The van der Waals surface area contributed by atoms with E-state index in [1.807, 2.05) is 20.8 Å². The molecular formula is C47H80O19. The summed E-state index contributed by atoms with van der Waals surface area (Å²) in [5.41, 5.74) is -5.04. The second-order valence-electron chi connectivity index (χ2n) is 23.0. The highest BCUT2D eigenvalue weighted by Gasteiger charge is 2.74. The summed E-state index contributed by atoms with van der Waals surface area (Å²) in [5.74, 6) is -1.38. The van der Waals surface area contributed by atoms with Crippen LogP contribution in [0, 0.1) is 45.3 Å². The standard InChI is InChI=1S/C47H80O19/c1-42(2,60)12-9-13-47(8,66-40-36(59)33(56)31(54)25(18-48)63-40)21-10-15-45(6)29(21)22(50)16-27-44(5)14-11-28(52)43(3,4)38(44)24(17-46(27,45)7)62-41-37(34(57)32(55)26(19-49)64-41)65-39-35(58)30(53)23(51)20-61-39/h9,12,21-41,48-60H,10-11,13-20H2,1-8H3/t21-,22+,23+,24-,25+,26+,27+,28-,29-,30-,31+,32+,33-,34-,35+,36+,37+,38-,39-,40-,41+,44+,45+,46+,47-/m0/s1. The van der Waals surface area contributed by atoms with Crippen LogP contribution in [0.1, 0.15) is 100 Å². The zero-order valence-corrected chi connectivity index (χ0v) is 39.6. The zero-order chi connectivity index (χ0) is 48.9. The van der Waals surface area contributed by atoms with E-state index in [1.165, 1.54) is 0 Å². The van der Waals surface area contributed by atoms with Gasteiger partial charge in [-0.25, -0.2) is 0 Å². The van der Waals surface area contributed by atoms with Crippen LogP contribution >= 0.6 is 0 Å². The fourth-order valence-electron chi connectivity index (χ4n) is 14.5. The highest BCUT2D eigenvalue weighted by molar-refractivity contribution is 5.22. The maximum atomic E-state index is 12.7. The normalized spacial score (nSPS) is 52.9. The summed E-state index contributed by atoms with van der Waals surface area (Å²) >= 11 is 0. The smallest absolute Gasteiger partial charge is 0.187 e. The predicted octanol–water partition coefficient (Wildman–Crippen LogP) is -1.45. The molecule has 0 radical (unpaired) electrons. The van der Waals surface area contributed by atoms with Crippen molar-refractivity contribution in [1.29, 1.82) is 0 Å². The molecule has 19 heteroatoms. The van der Waals surface area contributed by atoms with Gasteiger partial charge in [-0.15, -0.1) is 0 Å². The Morgan fingerprint density at radius 3 is 1.89 bits per heavy atom. The SMILES string of the molecule is CC(C)(O)C=CC[C@](C)(O[C@@H]1O[C@H](CO)[C@@H](O)[C@H](O)[C@H]1O)[C@H]1CC[C@]2(C)[C@@H]1[C@H](O)C[C@@H]1[C@@]3(C)CC[C@H](O)C(C)(C)[C@@H]3[C@@H](O[C@@H]3O[C@H](CO)[C@@H](O)[C@H](O)[C@H]3O[C@@H]3OC[C@@H](O)[C@H](O)[C@H]3O)C[C@]12C. The monoisotopic (exact) mass is 949 g/mol. The second kappa shape index (κ2) is 18.9. The third-order valence-corrected chi connectivity index (χ3v) is 18.2. The molecule has 0 unspecified atom stereocenters. The lowest BCUT2D eigenvalue weighted by Crippen LogP contribution is -2.71. The lowest BCUT2D eigenvalue weighted by atomic mass is 9.34. The molecule has 3 aliphatic heterocycles. The van der Waals surface area contributed by atoms with E-state index in [4.69, 9.17) is 28.4 Å². The molecule has 0 amide bonds. The summed E-state index contributed by atoms with van der Waals surface area (Å²) in [6.07, 6.45) is -17.6. The molecule has 0 aromatic heterocycles. The van der Waals surface area contributed by atoms with Crippen LogP contribution in [0.4, 0.5) is 0 Å². The van der Waals surface area contributed by atoms with Gasteiger partial charge in [-0.2, -0.15) is 0 Å². The van der Waals surface area contributed by atoms with Crippen molar-refractivity contribution in [3.8, 4) is 0 Å². The van der Waals surface area contributed by atoms with Crippen molar-refractivity contribution in [2.75, 3.05) is 19.8 Å². The van der Waals surface area contributed by atoms with Gasteiger partial charge in [-0.1, -0.05) is 46.8 Å². The molecule has 0 bridgehead atoms. The Kier molecular flexibility index (Phi) is 15.1. The van der Waals surface area contributed by atoms with Gasteiger partial charge in [0.15, 0.2) is 18.9 Å². The summed E-state index contributed by atoms with van der Waals surface area (Å²) < 4.78 is 37.6. The molecule has 0 spiro atoms.